The maximum Gasteiger partial charge on any atom is 0.295 e. The number of nitrogens with zero attached hydrogens (tertiary/aromatic N) is 1. The molecule has 0 aromatic heterocycles. The van der Waals surface area contributed by atoms with Gasteiger partial charge in [-0.3, -0.25) is 9.59 Å². The summed E-state index contributed by atoms with van der Waals surface area (Å²) in [5.41, 5.74) is 4.19. The van der Waals surface area contributed by atoms with Crippen LogP contribution in [0.1, 0.15) is 60.0 Å². The smallest absolute Gasteiger partial charge is 0.295 e. The maximum absolute atomic E-state index is 13.1. The number of likely N-dealkylation sites (tertiary alicyclic amines) is 1. The molecule has 3 rings (SSSR count). The van der Waals surface area contributed by atoms with E-state index in [-0.39, 0.29) is 11.3 Å². The minimum absolute atomic E-state index is 0.133. The zero-order chi connectivity index (χ0) is 22.7. The molecule has 1 aliphatic heterocycles. The number of carbonyl (C=O) groups excluding carboxylic acids is 2. The zero-order valence-corrected chi connectivity index (χ0v) is 19.0. The first-order valence-electron chi connectivity index (χ1n) is 10.8. The number of aryl methyl sites for hydroxylation is 3. The summed E-state index contributed by atoms with van der Waals surface area (Å²) in [7, 11) is 1.60. The molecule has 1 aliphatic rings. The van der Waals surface area contributed by atoms with Gasteiger partial charge in [-0.1, -0.05) is 49.6 Å². The van der Waals surface area contributed by atoms with Gasteiger partial charge in [-0.25, -0.2) is 0 Å². The number of ether oxygens (including phenoxy) is 1. The van der Waals surface area contributed by atoms with E-state index in [0.717, 1.165) is 41.5 Å². The number of amides is 1. The van der Waals surface area contributed by atoms with E-state index in [2.05, 4.69) is 6.92 Å². The van der Waals surface area contributed by atoms with Gasteiger partial charge >= 0.3 is 0 Å². The molecular weight excluding hydrogens is 390 g/mol. The van der Waals surface area contributed by atoms with Gasteiger partial charge in [-0.2, -0.15) is 0 Å². The van der Waals surface area contributed by atoms with E-state index in [1.807, 2.05) is 51.1 Å². The van der Waals surface area contributed by atoms with Crippen LogP contribution in [0.2, 0.25) is 0 Å². The molecule has 2 aromatic rings. The van der Waals surface area contributed by atoms with E-state index in [1.165, 1.54) is 0 Å². The molecule has 2 aromatic carbocycles. The molecule has 5 heteroatoms. The molecule has 1 unspecified atom stereocenters. The van der Waals surface area contributed by atoms with Crippen molar-refractivity contribution in [3.8, 4) is 5.75 Å². The first-order valence-corrected chi connectivity index (χ1v) is 10.8. The van der Waals surface area contributed by atoms with Crippen LogP contribution in [0.25, 0.3) is 5.76 Å². The molecule has 5 nitrogen and oxygen atoms in total. The Hall–Kier alpha value is -3.08. The second kappa shape index (κ2) is 9.38. The standard InChI is InChI=1S/C26H31NO4/c1-6-7-8-12-27-23(19-11-9-10-16(2)13-19)22(25(29)26(27)30)24(28)20-14-18(4)21(31-5)15-17(20)3/h9-11,13-15,23,28H,6-8,12H2,1-5H3/b24-22+. The van der Waals surface area contributed by atoms with Crippen LogP contribution in [0, 0.1) is 20.8 Å². The van der Waals surface area contributed by atoms with Gasteiger partial charge in [0.05, 0.1) is 18.7 Å². The van der Waals surface area contributed by atoms with Crippen LogP contribution in [0.4, 0.5) is 0 Å². The number of carbonyl (C=O) groups is 2. The van der Waals surface area contributed by atoms with E-state index in [0.29, 0.717) is 17.9 Å². The average molecular weight is 422 g/mol. The van der Waals surface area contributed by atoms with Gasteiger partial charge in [-0.15, -0.1) is 0 Å². The quantitative estimate of drug-likeness (QED) is 0.288. The molecule has 1 N–H and O–H groups in total. The second-order valence-electron chi connectivity index (χ2n) is 8.25. The molecule has 1 amide bonds. The summed E-state index contributed by atoms with van der Waals surface area (Å²) in [6, 6.07) is 10.8. The van der Waals surface area contributed by atoms with E-state index in [4.69, 9.17) is 4.74 Å². The van der Waals surface area contributed by atoms with Gasteiger partial charge in [-0.05, 0) is 56.0 Å². The molecule has 31 heavy (non-hydrogen) atoms. The highest BCUT2D eigenvalue weighted by molar-refractivity contribution is 6.46. The Labute approximate surface area is 184 Å². The van der Waals surface area contributed by atoms with Crippen LogP contribution >= 0.6 is 0 Å². The van der Waals surface area contributed by atoms with Gasteiger partial charge in [0.1, 0.15) is 11.5 Å². The van der Waals surface area contributed by atoms with E-state index < -0.39 is 17.7 Å². The largest absolute Gasteiger partial charge is 0.507 e. The summed E-state index contributed by atoms with van der Waals surface area (Å²) < 4.78 is 5.37. The Morgan fingerprint density at radius 3 is 2.45 bits per heavy atom. The third-order valence-electron chi connectivity index (χ3n) is 5.90. The third kappa shape index (κ3) is 4.36. The summed E-state index contributed by atoms with van der Waals surface area (Å²) in [5.74, 6) is -0.601. The van der Waals surface area contributed by atoms with Crippen LogP contribution in [-0.4, -0.2) is 35.4 Å². The summed E-state index contributed by atoms with van der Waals surface area (Å²) in [6.45, 7) is 8.30. The molecule has 1 fully saturated rings. The Morgan fingerprint density at radius 2 is 1.81 bits per heavy atom. The number of hydrogen-bond donors (Lipinski definition) is 1. The fourth-order valence-electron chi connectivity index (χ4n) is 4.24. The first-order chi connectivity index (χ1) is 14.8. The Balaban J connectivity index is 2.18. The lowest BCUT2D eigenvalue weighted by Crippen LogP contribution is -2.30. The van der Waals surface area contributed by atoms with E-state index in [1.54, 1.807) is 18.1 Å². The minimum atomic E-state index is -0.631. The van der Waals surface area contributed by atoms with Crippen molar-refractivity contribution in [3.63, 3.8) is 0 Å². The lowest BCUT2D eigenvalue weighted by atomic mass is 9.92. The number of rotatable bonds is 7. The molecule has 0 aliphatic carbocycles. The lowest BCUT2D eigenvalue weighted by molar-refractivity contribution is -0.139. The van der Waals surface area contributed by atoms with Gasteiger partial charge < -0.3 is 14.7 Å². The number of Topliss-reactive ketones (excluding diaryl/α,β-unsaturated/α-hetero) is 1. The highest BCUT2D eigenvalue weighted by Gasteiger charge is 2.45. The molecule has 0 saturated carbocycles. The molecular formula is C26H31NO4. The van der Waals surface area contributed by atoms with Crippen LogP contribution in [0.15, 0.2) is 42.0 Å². The number of aliphatic hydroxyl groups excluding tert-OH is 1. The van der Waals surface area contributed by atoms with Crippen molar-refractivity contribution in [1.29, 1.82) is 0 Å². The van der Waals surface area contributed by atoms with Crippen molar-refractivity contribution >= 4 is 17.4 Å². The van der Waals surface area contributed by atoms with Gasteiger partial charge in [0.25, 0.3) is 11.7 Å². The lowest BCUT2D eigenvalue weighted by Gasteiger charge is -2.26. The first kappa shape index (κ1) is 22.6. The number of ketones is 1. The predicted octanol–water partition coefficient (Wildman–Crippen LogP) is 5.23. The van der Waals surface area contributed by atoms with Crippen LogP contribution in [0.3, 0.4) is 0 Å². The molecule has 0 bridgehead atoms. The number of hydrogen-bond acceptors (Lipinski definition) is 4. The fraction of sp³-hybridized carbons (Fsp3) is 0.385. The van der Waals surface area contributed by atoms with Crippen molar-refractivity contribution in [2.75, 3.05) is 13.7 Å². The van der Waals surface area contributed by atoms with Gasteiger partial charge in [0.15, 0.2) is 0 Å². The maximum atomic E-state index is 13.1. The average Bonchev–Trinajstić information content (AvgIpc) is 2.99. The van der Waals surface area contributed by atoms with Gasteiger partial charge in [0, 0.05) is 12.1 Å². The minimum Gasteiger partial charge on any atom is -0.507 e. The highest BCUT2D eigenvalue weighted by Crippen LogP contribution is 2.40. The van der Waals surface area contributed by atoms with Crippen LogP contribution in [0.5, 0.6) is 5.75 Å². The molecule has 0 radical (unpaired) electrons. The highest BCUT2D eigenvalue weighted by atomic mass is 16.5. The number of aliphatic hydroxyl groups is 1. The normalized spacial score (nSPS) is 18.0. The third-order valence-corrected chi connectivity index (χ3v) is 5.90. The SMILES string of the molecule is CCCCCN1C(=O)C(=O)/C(=C(/O)c2cc(C)c(OC)cc2C)C1c1cccc(C)c1. The topological polar surface area (TPSA) is 66.8 Å². The van der Waals surface area contributed by atoms with Crippen molar-refractivity contribution in [2.24, 2.45) is 0 Å². The number of unbranched alkanes of at least 4 members (excludes halogenated alkanes) is 2. The second-order valence-corrected chi connectivity index (χ2v) is 8.25. The monoisotopic (exact) mass is 421 g/mol. The van der Waals surface area contributed by atoms with Crippen molar-refractivity contribution < 1.29 is 19.4 Å². The van der Waals surface area contributed by atoms with Crippen molar-refractivity contribution in [2.45, 2.75) is 53.0 Å². The Bertz CT molecular complexity index is 1040. The van der Waals surface area contributed by atoms with Crippen LogP contribution < -0.4 is 4.74 Å². The van der Waals surface area contributed by atoms with E-state index in [9.17, 15) is 14.7 Å². The van der Waals surface area contributed by atoms with Crippen LogP contribution in [-0.2, 0) is 9.59 Å². The summed E-state index contributed by atoms with van der Waals surface area (Å²) >= 11 is 0. The Kier molecular flexibility index (Phi) is 6.84. The summed E-state index contributed by atoms with van der Waals surface area (Å²) in [5, 5.41) is 11.3. The molecule has 1 saturated heterocycles. The van der Waals surface area contributed by atoms with Gasteiger partial charge in [0.2, 0.25) is 0 Å². The molecule has 164 valence electrons. The van der Waals surface area contributed by atoms with E-state index >= 15 is 0 Å². The summed E-state index contributed by atoms with van der Waals surface area (Å²) in [4.78, 5) is 27.7. The van der Waals surface area contributed by atoms with Crippen molar-refractivity contribution in [1.82, 2.24) is 4.90 Å². The predicted molar refractivity (Wildman–Crippen MR) is 122 cm³/mol. The Morgan fingerprint density at radius 1 is 1.06 bits per heavy atom. The van der Waals surface area contributed by atoms with Crippen molar-refractivity contribution in [3.05, 3.63) is 69.8 Å². The molecule has 1 heterocycles. The summed E-state index contributed by atoms with van der Waals surface area (Å²) in [6.07, 6.45) is 2.80. The number of methoxy groups -OCH3 is 1. The number of benzene rings is 2. The molecule has 0 spiro atoms. The molecule has 1 atom stereocenters. The zero-order valence-electron chi connectivity index (χ0n) is 19.0. The fourth-order valence-corrected chi connectivity index (χ4v) is 4.24.